The van der Waals surface area contributed by atoms with Crippen LogP contribution in [-0.2, 0) is 11.2 Å². The van der Waals surface area contributed by atoms with E-state index in [1.54, 1.807) is 6.08 Å². The summed E-state index contributed by atoms with van der Waals surface area (Å²) in [5.41, 5.74) is 2.49. The Morgan fingerprint density at radius 2 is 1.88 bits per heavy atom. The van der Waals surface area contributed by atoms with Crippen molar-refractivity contribution < 1.29 is 4.79 Å². The van der Waals surface area contributed by atoms with Crippen molar-refractivity contribution in [3.8, 4) is 0 Å². The molecule has 0 bridgehead atoms. The van der Waals surface area contributed by atoms with Crippen molar-refractivity contribution >= 4 is 5.78 Å². The molecule has 1 nitrogen and oxygen atoms in total. The van der Waals surface area contributed by atoms with Crippen molar-refractivity contribution in [2.75, 3.05) is 0 Å². The maximum atomic E-state index is 11.7. The van der Waals surface area contributed by atoms with E-state index in [1.165, 1.54) is 11.1 Å². The highest BCUT2D eigenvalue weighted by Gasteiger charge is 2.02. The molecule has 0 saturated carbocycles. The van der Waals surface area contributed by atoms with Gasteiger partial charge in [-0.1, -0.05) is 49.8 Å². The lowest BCUT2D eigenvalue weighted by molar-refractivity contribution is -0.114. The summed E-state index contributed by atoms with van der Waals surface area (Å²) in [6.45, 7) is 6.26. The maximum absolute atomic E-state index is 11.7. The summed E-state index contributed by atoms with van der Waals surface area (Å²) in [7, 11) is 0. The largest absolute Gasteiger partial charge is 0.295 e. The second-order valence-corrected chi connectivity index (χ2v) is 4.85. The summed E-state index contributed by atoms with van der Waals surface area (Å²) in [4.78, 5) is 11.7. The van der Waals surface area contributed by atoms with E-state index in [2.05, 4.69) is 26.0 Å². The fraction of sp³-hybridized carbons (Fsp3) is 0.438. The Kier molecular flexibility index (Phi) is 5.68. The molecule has 0 aliphatic carbocycles. The summed E-state index contributed by atoms with van der Waals surface area (Å²) in [5.74, 6) is 0.722. The van der Waals surface area contributed by atoms with E-state index in [9.17, 15) is 4.79 Å². The number of ketones is 1. The van der Waals surface area contributed by atoms with Gasteiger partial charge in [0.2, 0.25) is 0 Å². The van der Waals surface area contributed by atoms with Crippen molar-refractivity contribution in [1.29, 1.82) is 0 Å². The smallest absolute Gasteiger partial charge is 0.155 e. The second-order valence-electron chi connectivity index (χ2n) is 4.85. The van der Waals surface area contributed by atoms with Gasteiger partial charge < -0.3 is 0 Å². The zero-order chi connectivity index (χ0) is 12.7. The molecule has 92 valence electrons. The van der Waals surface area contributed by atoms with Crippen LogP contribution in [0.3, 0.4) is 0 Å². The van der Waals surface area contributed by atoms with E-state index in [0.29, 0.717) is 12.3 Å². The number of carbonyl (C=O) groups is 1. The first-order valence-electron chi connectivity index (χ1n) is 6.34. The molecule has 0 radical (unpaired) electrons. The predicted octanol–water partition coefficient (Wildman–Crippen LogP) is 4.18. The highest BCUT2D eigenvalue weighted by atomic mass is 16.1. The molecule has 1 rings (SSSR count). The van der Waals surface area contributed by atoms with Crippen molar-refractivity contribution in [2.24, 2.45) is 5.92 Å². The van der Waals surface area contributed by atoms with Crippen LogP contribution >= 0.6 is 0 Å². The average molecular weight is 230 g/mol. The molecule has 17 heavy (non-hydrogen) atoms. The van der Waals surface area contributed by atoms with E-state index in [-0.39, 0.29) is 5.78 Å². The highest BCUT2D eigenvalue weighted by Crippen LogP contribution is 2.10. The molecule has 0 aliphatic heterocycles. The van der Waals surface area contributed by atoms with Gasteiger partial charge in [0.05, 0.1) is 0 Å². The number of hydrogen-bond donors (Lipinski definition) is 0. The first kappa shape index (κ1) is 13.7. The molecule has 1 aromatic carbocycles. The fourth-order valence-electron chi connectivity index (χ4n) is 1.60. The number of carbonyl (C=O) groups excluding carboxylic acids is 1. The van der Waals surface area contributed by atoms with Crippen LogP contribution in [0.4, 0.5) is 0 Å². The fourth-order valence-corrected chi connectivity index (χ4v) is 1.60. The normalized spacial score (nSPS) is 11.9. The number of hydrogen-bond acceptors (Lipinski definition) is 1. The quantitative estimate of drug-likeness (QED) is 0.670. The van der Waals surface area contributed by atoms with Crippen molar-refractivity contribution in [2.45, 2.75) is 40.0 Å². The van der Waals surface area contributed by atoms with E-state index >= 15 is 0 Å². The van der Waals surface area contributed by atoms with E-state index in [0.717, 1.165) is 12.8 Å². The van der Waals surface area contributed by atoms with Crippen LogP contribution in [-0.4, -0.2) is 5.78 Å². The number of aryl methyl sites for hydroxylation is 1. The van der Waals surface area contributed by atoms with Crippen LogP contribution in [0.2, 0.25) is 0 Å². The summed E-state index contributed by atoms with van der Waals surface area (Å²) >= 11 is 0. The van der Waals surface area contributed by atoms with Gasteiger partial charge in [0.15, 0.2) is 5.78 Å². The standard InChI is InChI=1S/C16H22O/c1-13(2)14(3)12-16(17)11-7-10-15-8-5-4-6-9-15/h4-6,8-9,12-13H,7,10-11H2,1-3H3/b14-12+. The first-order chi connectivity index (χ1) is 8.09. The molecule has 0 heterocycles. The Balaban J connectivity index is 2.32. The molecule has 0 atom stereocenters. The molecule has 0 saturated heterocycles. The van der Waals surface area contributed by atoms with Crippen LogP contribution in [0.5, 0.6) is 0 Å². The minimum absolute atomic E-state index is 0.257. The second kappa shape index (κ2) is 7.05. The Labute approximate surface area is 105 Å². The summed E-state index contributed by atoms with van der Waals surface area (Å²) in [5, 5.41) is 0. The van der Waals surface area contributed by atoms with E-state index in [4.69, 9.17) is 0 Å². The molecule has 0 aromatic heterocycles. The zero-order valence-electron chi connectivity index (χ0n) is 11.1. The summed E-state index contributed by atoms with van der Waals surface area (Å²) < 4.78 is 0. The first-order valence-corrected chi connectivity index (χ1v) is 6.34. The maximum Gasteiger partial charge on any atom is 0.155 e. The van der Waals surface area contributed by atoms with E-state index < -0.39 is 0 Å². The Hall–Kier alpha value is -1.37. The molecule has 0 N–H and O–H groups in total. The SMILES string of the molecule is C/C(=C\C(=O)CCCc1ccccc1)C(C)C. The highest BCUT2D eigenvalue weighted by molar-refractivity contribution is 5.90. The van der Waals surface area contributed by atoms with Gasteiger partial charge in [0, 0.05) is 6.42 Å². The molecule has 0 aliphatic rings. The summed E-state index contributed by atoms with van der Waals surface area (Å²) in [6, 6.07) is 10.3. The molecule has 1 aromatic rings. The number of benzene rings is 1. The molecular weight excluding hydrogens is 208 g/mol. The third-order valence-corrected chi connectivity index (χ3v) is 3.03. The van der Waals surface area contributed by atoms with Crippen LogP contribution in [0.15, 0.2) is 42.0 Å². The van der Waals surface area contributed by atoms with E-state index in [1.807, 2.05) is 25.1 Å². The topological polar surface area (TPSA) is 17.1 Å². The average Bonchev–Trinajstić information content (AvgIpc) is 2.30. The van der Waals surface area contributed by atoms with Crippen LogP contribution in [0, 0.1) is 5.92 Å². The van der Waals surface area contributed by atoms with Crippen molar-refractivity contribution in [3.63, 3.8) is 0 Å². The number of rotatable bonds is 6. The van der Waals surface area contributed by atoms with Crippen molar-refractivity contribution in [3.05, 3.63) is 47.5 Å². The van der Waals surface area contributed by atoms with Gasteiger partial charge in [-0.25, -0.2) is 0 Å². The van der Waals surface area contributed by atoms with Crippen LogP contribution in [0.1, 0.15) is 39.2 Å². The zero-order valence-corrected chi connectivity index (χ0v) is 11.1. The van der Waals surface area contributed by atoms with Crippen molar-refractivity contribution in [1.82, 2.24) is 0 Å². The van der Waals surface area contributed by atoms with Gasteiger partial charge in [0.1, 0.15) is 0 Å². The minimum Gasteiger partial charge on any atom is -0.295 e. The lowest BCUT2D eigenvalue weighted by atomic mass is 10.0. The third kappa shape index (κ3) is 5.48. The lowest BCUT2D eigenvalue weighted by Gasteiger charge is -2.04. The Morgan fingerprint density at radius 1 is 1.24 bits per heavy atom. The third-order valence-electron chi connectivity index (χ3n) is 3.03. The van der Waals surface area contributed by atoms with Gasteiger partial charge in [-0.15, -0.1) is 0 Å². The molecular formula is C16H22O. The predicted molar refractivity (Wildman–Crippen MR) is 73.0 cm³/mol. The van der Waals surface area contributed by atoms with Crippen LogP contribution < -0.4 is 0 Å². The molecule has 0 spiro atoms. The van der Waals surface area contributed by atoms with Gasteiger partial charge in [-0.3, -0.25) is 4.79 Å². The van der Waals surface area contributed by atoms with Gasteiger partial charge in [-0.05, 0) is 37.3 Å². The van der Waals surface area contributed by atoms with Gasteiger partial charge in [-0.2, -0.15) is 0 Å². The Bertz CT molecular complexity index is 374. The Morgan fingerprint density at radius 3 is 2.47 bits per heavy atom. The lowest BCUT2D eigenvalue weighted by Crippen LogP contribution is -1.98. The number of allylic oxidation sites excluding steroid dienone is 2. The molecule has 0 unspecified atom stereocenters. The monoisotopic (exact) mass is 230 g/mol. The van der Waals surface area contributed by atoms with Gasteiger partial charge >= 0.3 is 0 Å². The minimum atomic E-state index is 0.257. The molecule has 0 fully saturated rings. The molecule has 0 amide bonds. The van der Waals surface area contributed by atoms with Crippen LogP contribution in [0.25, 0.3) is 0 Å². The summed E-state index contributed by atoms with van der Waals surface area (Å²) in [6.07, 6.45) is 4.38. The van der Waals surface area contributed by atoms with Gasteiger partial charge in [0.25, 0.3) is 0 Å². The molecule has 1 heteroatoms.